The number of thiazole rings is 1. The highest BCUT2D eigenvalue weighted by molar-refractivity contribution is 7.11. The van der Waals surface area contributed by atoms with Crippen molar-refractivity contribution in [2.24, 2.45) is 10.9 Å². The Morgan fingerprint density at radius 3 is 2.68 bits per heavy atom. The van der Waals surface area contributed by atoms with Crippen LogP contribution in [0, 0.1) is 12.8 Å². The van der Waals surface area contributed by atoms with Gasteiger partial charge in [-0.15, -0.1) is 11.3 Å². The highest BCUT2D eigenvalue weighted by Crippen LogP contribution is 2.20. The molecular weight excluding hydrogens is 336 g/mol. The summed E-state index contributed by atoms with van der Waals surface area (Å²) in [5.41, 5.74) is 1.21. The van der Waals surface area contributed by atoms with Crippen molar-refractivity contribution in [3.05, 3.63) is 15.6 Å². The molecule has 1 aromatic rings. The van der Waals surface area contributed by atoms with Crippen LogP contribution in [0.4, 0.5) is 0 Å². The predicted molar refractivity (Wildman–Crippen MR) is 102 cm³/mol. The van der Waals surface area contributed by atoms with E-state index in [0.717, 1.165) is 57.8 Å². The first-order chi connectivity index (χ1) is 12.1. The minimum absolute atomic E-state index is 0.0230. The van der Waals surface area contributed by atoms with Crippen molar-refractivity contribution in [2.75, 3.05) is 33.3 Å². The summed E-state index contributed by atoms with van der Waals surface area (Å²) in [5.74, 6) is 0.872. The number of guanidine groups is 1. The van der Waals surface area contributed by atoms with Crippen LogP contribution in [-0.4, -0.2) is 55.1 Å². The number of carbonyl (C=O) groups is 1. The monoisotopic (exact) mass is 366 g/mol. The zero-order valence-corrected chi connectivity index (χ0v) is 16.6. The van der Waals surface area contributed by atoms with Gasteiger partial charge in [0.25, 0.3) is 0 Å². The number of piperidine rings is 1. The van der Waals surface area contributed by atoms with Gasteiger partial charge >= 0.3 is 5.97 Å². The second-order valence-corrected chi connectivity index (χ2v) is 7.52. The third kappa shape index (κ3) is 5.42. The normalized spacial score (nSPS) is 16.2. The number of nitrogens with zero attached hydrogens (tertiary/aromatic N) is 3. The van der Waals surface area contributed by atoms with E-state index in [1.54, 1.807) is 11.3 Å². The Morgan fingerprint density at radius 2 is 2.12 bits per heavy atom. The Hall–Kier alpha value is -1.63. The Labute approximate surface area is 154 Å². The standard InChI is InChI=1S/C18H30N4O2S/c1-5-15-13(3)25-16(21-15)7-10-20-18(19-6-2)22-11-8-14(9-12-22)17(23)24-4/h14H,5-12H2,1-4H3,(H,19,20). The fraction of sp³-hybridized carbons (Fsp3) is 0.722. The lowest BCUT2D eigenvalue weighted by molar-refractivity contribution is -0.146. The van der Waals surface area contributed by atoms with Crippen molar-refractivity contribution in [1.29, 1.82) is 0 Å². The maximum atomic E-state index is 11.7. The van der Waals surface area contributed by atoms with Crippen molar-refractivity contribution in [2.45, 2.75) is 46.5 Å². The molecule has 0 saturated carbocycles. The van der Waals surface area contributed by atoms with Crippen LogP contribution in [0.25, 0.3) is 0 Å². The van der Waals surface area contributed by atoms with Crippen LogP contribution in [0.1, 0.15) is 42.3 Å². The van der Waals surface area contributed by atoms with Crippen LogP contribution >= 0.6 is 11.3 Å². The van der Waals surface area contributed by atoms with Gasteiger partial charge in [-0.05, 0) is 33.1 Å². The molecule has 1 fully saturated rings. The van der Waals surface area contributed by atoms with E-state index >= 15 is 0 Å². The molecule has 25 heavy (non-hydrogen) atoms. The molecule has 7 heteroatoms. The van der Waals surface area contributed by atoms with E-state index in [2.05, 4.69) is 36.0 Å². The van der Waals surface area contributed by atoms with Crippen molar-refractivity contribution in [1.82, 2.24) is 15.2 Å². The second kappa shape index (κ2) is 9.75. The van der Waals surface area contributed by atoms with Crippen LogP contribution in [0.5, 0.6) is 0 Å². The Kier molecular flexibility index (Phi) is 7.68. The molecule has 2 heterocycles. The number of methoxy groups -OCH3 is 1. The molecule has 1 aliphatic heterocycles. The van der Waals surface area contributed by atoms with Gasteiger partial charge < -0.3 is 15.0 Å². The van der Waals surface area contributed by atoms with E-state index in [1.165, 1.54) is 22.7 Å². The maximum absolute atomic E-state index is 11.7. The average molecular weight is 367 g/mol. The van der Waals surface area contributed by atoms with Crippen molar-refractivity contribution < 1.29 is 9.53 Å². The molecule has 0 radical (unpaired) electrons. The Bertz CT molecular complexity index is 592. The third-order valence-electron chi connectivity index (χ3n) is 4.52. The van der Waals surface area contributed by atoms with Gasteiger partial charge in [0.15, 0.2) is 5.96 Å². The second-order valence-electron chi connectivity index (χ2n) is 6.23. The average Bonchev–Trinajstić information content (AvgIpc) is 3.00. The van der Waals surface area contributed by atoms with Crippen molar-refractivity contribution in [3.63, 3.8) is 0 Å². The number of carbonyl (C=O) groups excluding carboxylic acids is 1. The van der Waals surface area contributed by atoms with Gasteiger partial charge in [-0.1, -0.05) is 6.92 Å². The summed E-state index contributed by atoms with van der Waals surface area (Å²) < 4.78 is 4.86. The first-order valence-corrected chi connectivity index (χ1v) is 9.96. The summed E-state index contributed by atoms with van der Waals surface area (Å²) in [4.78, 5) is 24.7. The van der Waals surface area contributed by atoms with Gasteiger partial charge in [0.05, 0.1) is 23.7 Å². The van der Waals surface area contributed by atoms with Crippen LogP contribution in [0.3, 0.4) is 0 Å². The number of hydrogen-bond acceptors (Lipinski definition) is 5. The minimum Gasteiger partial charge on any atom is -0.469 e. The van der Waals surface area contributed by atoms with Crippen LogP contribution in [-0.2, 0) is 22.4 Å². The summed E-state index contributed by atoms with van der Waals surface area (Å²) in [7, 11) is 1.46. The smallest absolute Gasteiger partial charge is 0.308 e. The summed E-state index contributed by atoms with van der Waals surface area (Å²) in [6, 6.07) is 0. The number of likely N-dealkylation sites (tertiary alicyclic amines) is 1. The summed E-state index contributed by atoms with van der Waals surface area (Å²) >= 11 is 1.78. The van der Waals surface area contributed by atoms with E-state index in [9.17, 15) is 4.79 Å². The summed E-state index contributed by atoms with van der Waals surface area (Å²) in [6.45, 7) is 9.60. The Balaban J connectivity index is 1.91. The number of ether oxygens (including phenoxy) is 1. The van der Waals surface area contributed by atoms with Gasteiger partial charge in [-0.2, -0.15) is 0 Å². The zero-order chi connectivity index (χ0) is 18.2. The van der Waals surface area contributed by atoms with Gasteiger partial charge in [0.1, 0.15) is 0 Å². The number of aryl methyl sites for hydroxylation is 2. The van der Waals surface area contributed by atoms with E-state index in [0.29, 0.717) is 0 Å². The van der Waals surface area contributed by atoms with E-state index in [4.69, 9.17) is 9.73 Å². The lowest BCUT2D eigenvalue weighted by atomic mass is 9.97. The molecule has 1 saturated heterocycles. The molecule has 0 aromatic carbocycles. The van der Waals surface area contributed by atoms with E-state index in [-0.39, 0.29) is 11.9 Å². The molecule has 0 spiro atoms. The molecule has 0 atom stereocenters. The highest BCUT2D eigenvalue weighted by Gasteiger charge is 2.26. The number of hydrogen-bond donors (Lipinski definition) is 1. The van der Waals surface area contributed by atoms with Gasteiger partial charge in [0, 0.05) is 37.5 Å². The first-order valence-electron chi connectivity index (χ1n) is 9.15. The number of rotatable bonds is 6. The molecule has 1 aliphatic rings. The van der Waals surface area contributed by atoms with Crippen LogP contribution in [0.15, 0.2) is 4.99 Å². The zero-order valence-electron chi connectivity index (χ0n) is 15.8. The molecule has 1 aromatic heterocycles. The SMILES string of the molecule is CCNC(=NCCc1nc(CC)c(C)s1)N1CCC(C(=O)OC)CC1. The molecule has 0 aliphatic carbocycles. The predicted octanol–water partition coefficient (Wildman–Crippen LogP) is 2.41. The number of esters is 1. The number of nitrogens with one attached hydrogen (secondary N) is 1. The number of aliphatic imine (C=N–C) groups is 1. The molecule has 0 bridgehead atoms. The molecule has 6 nitrogen and oxygen atoms in total. The van der Waals surface area contributed by atoms with Gasteiger partial charge in [-0.25, -0.2) is 4.98 Å². The highest BCUT2D eigenvalue weighted by atomic mass is 32.1. The van der Waals surface area contributed by atoms with Crippen molar-refractivity contribution >= 4 is 23.3 Å². The first kappa shape index (κ1) is 19.7. The van der Waals surface area contributed by atoms with Gasteiger partial charge in [-0.3, -0.25) is 9.79 Å². The largest absolute Gasteiger partial charge is 0.469 e. The molecular formula is C18H30N4O2S. The summed E-state index contributed by atoms with van der Waals surface area (Å²) in [5, 5.41) is 4.53. The quantitative estimate of drug-likeness (QED) is 0.476. The lowest BCUT2D eigenvalue weighted by Gasteiger charge is -2.33. The minimum atomic E-state index is -0.0903. The number of aromatic nitrogens is 1. The van der Waals surface area contributed by atoms with Crippen molar-refractivity contribution in [3.8, 4) is 0 Å². The van der Waals surface area contributed by atoms with Crippen LogP contribution in [0.2, 0.25) is 0 Å². The lowest BCUT2D eigenvalue weighted by Crippen LogP contribution is -2.46. The Morgan fingerprint density at radius 1 is 1.40 bits per heavy atom. The van der Waals surface area contributed by atoms with E-state index in [1.807, 2.05) is 0 Å². The molecule has 1 N–H and O–H groups in total. The molecule has 0 amide bonds. The fourth-order valence-electron chi connectivity index (χ4n) is 3.10. The van der Waals surface area contributed by atoms with E-state index < -0.39 is 0 Å². The molecule has 140 valence electrons. The third-order valence-corrected chi connectivity index (χ3v) is 5.60. The maximum Gasteiger partial charge on any atom is 0.308 e. The molecule has 0 unspecified atom stereocenters. The molecule has 2 rings (SSSR count). The topological polar surface area (TPSA) is 66.8 Å². The fourth-order valence-corrected chi connectivity index (χ4v) is 4.11. The van der Waals surface area contributed by atoms with Crippen LogP contribution < -0.4 is 5.32 Å². The van der Waals surface area contributed by atoms with Gasteiger partial charge in [0.2, 0.25) is 0 Å². The summed E-state index contributed by atoms with van der Waals surface area (Å²) in [6.07, 6.45) is 3.51.